The van der Waals surface area contributed by atoms with Crippen LogP contribution in [0.3, 0.4) is 0 Å². The van der Waals surface area contributed by atoms with Crippen LogP contribution in [0.25, 0.3) is 11.0 Å². The van der Waals surface area contributed by atoms with Crippen molar-refractivity contribution < 1.29 is 13.2 Å². The fourth-order valence-corrected chi connectivity index (χ4v) is 1.80. The van der Waals surface area contributed by atoms with E-state index in [0.717, 1.165) is 16.6 Å². The minimum atomic E-state index is -4.13. The first-order valence-corrected chi connectivity index (χ1v) is 5.66. The molecule has 0 radical (unpaired) electrons. The highest BCUT2D eigenvalue weighted by Crippen LogP contribution is 2.21. The van der Waals surface area contributed by atoms with Crippen LogP contribution in [0.5, 0.6) is 0 Å². The molecule has 1 aromatic heterocycles. The molecule has 0 aliphatic rings. The summed E-state index contributed by atoms with van der Waals surface area (Å²) in [4.78, 5) is 7.05. The van der Waals surface area contributed by atoms with Gasteiger partial charge in [-0.05, 0) is 24.6 Å². The number of alkyl halides is 3. The zero-order chi connectivity index (χ0) is 13.2. The Hall–Kier alpha value is -1.56. The predicted molar refractivity (Wildman–Crippen MR) is 63.1 cm³/mol. The van der Waals surface area contributed by atoms with Gasteiger partial charge in [-0.3, -0.25) is 0 Å². The van der Waals surface area contributed by atoms with Crippen LogP contribution < -0.4 is 5.32 Å². The topological polar surface area (TPSA) is 40.7 Å². The molecular formula is C12H14F3N3. The van der Waals surface area contributed by atoms with E-state index in [1.54, 1.807) is 6.33 Å². The fourth-order valence-electron chi connectivity index (χ4n) is 1.80. The van der Waals surface area contributed by atoms with Crippen molar-refractivity contribution in [1.29, 1.82) is 0 Å². The van der Waals surface area contributed by atoms with Crippen LogP contribution in [0.1, 0.15) is 18.9 Å². The number of benzene rings is 1. The molecule has 1 heterocycles. The number of rotatable bonds is 4. The van der Waals surface area contributed by atoms with Crippen molar-refractivity contribution in [2.75, 3.05) is 0 Å². The number of imidazole rings is 1. The van der Waals surface area contributed by atoms with E-state index in [1.165, 1.54) is 6.92 Å². The standard InChI is InChI=1S/C12H14F3N3/c1-8(5-12(13,14)15)16-6-9-2-3-10-11(4-9)18-7-17-10/h2-4,7-8,16H,5-6H2,1H3,(H,17,18)/t8-/m0/s1. The number of hydrogen-bond acceptors (Lipinski definition) is 2. The van der Waals surface area contributed by atoms with E-state index in [4.69, 9.17) is 0 Å². The second-order valence-electron chi connectivity index (χ2n) is 4.36. The van der Waals surface area contributed by atoms with Crippen molar-refractivity contribution in [2.24, 2.45) is 0 Å². The third kappa shape index (κ3) is 3.46. The third-order valence-corrected chi connectivity index (χ3v) is 2.68. The van der Waals surface area contributed by atoms with E-state index in [1.807, 2.05) is 18.2 Å². The molecule has 0 fully saturated rings. The maximum absolute atomic E-state index is 12.1. The first kappa shape index (κ1) is 12.9. The molecule has 0 spiro atoms. The van der Waals surface area contributed by atoms with Gasteiger partial charge in [0.2, 0.25) is 0 Å². The van der Waals surface area contributed by atoms with Crippen LogP contribution in [-0.2, 0) is 6.54 Å². The van der Waals surface area contributed by atoms with Crippen LogP contribution in [0, 0.1) is 0 Å². The normalized spacial score (nSPS) is 14.0. The second kappa shape index (κ2) is 4.97. The van der Waals surface area contributed by atoms with Gasteiger partial charge in [-0.1, -0.05) is 6.07 Å². The number of nitrogens with zero attached hydrogens (tertiary/aromatic N) is 1. The van der Waals surface area contributed by atoms with Crippen molar-refractivity contribution >= 4 is 11.0 Å². The molecule has 0 saturated heterocycles. The van der Waals surface area contributed by atoms with Crippen LogP contribution in [0.2, 0.25) is 0 Å². The molecule has 2 rings (SSSR count). The second-order valence-corrected chi connectivity index (χ2v) is 4.36. The molecule has 3 nitrogen and oxygen atoms in total. The van der Waals surface area contributed by atoms with Gasteiger partial charge in [-0.2, -0.15) is 13.2 Å². The summed E-state index contributed by atoms with van der Waals surface area (Å²) < 4.78 is 36.4. The minimum absolute atomic E-state index is 0.409. The SMILES string of the molecule is C[C@@H](CC(F)(F)F)NCc1ccc2nc[nH]c2c1. The fraction of sp³-hybridized carbons (Fsp3) is 0.417. The Bertz CT molecular complexity index is 519. The van der Waals surface area contributed by atoms with Crippen LogP contribution in [0.15, 0.2) is 24.5 Å². The van der Waals surface area contributed by atoms with E-state index < -0.39 is 18.6 Å². The Morgan fingerprint density at radius 3 is 2.89 bits per heavy atom. The summed E-state index contributed by atoms with van der Waals surface area (Å²) in [5, 5.41) is 2.86. The molecule has 0 amide bonds. The smallest absolute Gasteiger partial charge is 0.345 e. The zero-order valence-corrected chi connectivity index (χ0v) is 9.88. The number of hydrogen-bond donors (Lipinski definition) is 2. The van der Waals surface area contributed by atoms with E-state index in [2.05, 4.69) is 15.3 Å². The van der Waals surface area contributed by atoms with Crippen LogP contribution in [-0.4, -0.2) is 22.2 Å². The van der Waals surface area contributed by atoms with Crippen molar-refractivity contribution in [3.8, 4) is 0 Å². The van der Waals surface area contributed by atoms with Gasteiger partial charge in [-0.25, -0.2) is 4.98 Å². The van der Waals surface area contributed by atoms with E-state index in [-0.39, 0.29) is 0 Å². The highest BCUT2D eigenvalue weighted by molar-refractivity contribution is 5.74. The quantitative estimate of drug-likeness (QED) is 0.884. The lowest BCUT2D eigenvalue weighted by molar-refractivity contribution is -0.139. The molecule has 1 aromatic carbocycles. The summed E-state index contributed by atoms with van der Waals surface area (Å²) in [6, 6.07) is 4.99. The lowest BCUT2D eigenvalue weighted by Crippen LogP contribution is -2.30. The number of aromatic amines is 1. The summed E-state index contributed by atoms with van der Waals surface area (Å²) >= 11 is 0. The molecule has 6 heteroatoms. The molecule has 98 valence electrons. The average molecular weight is 257 g/mol. The van der Waals surface area contributed by atoms with Crippen molar-refractivity contribution in [2.45, 2.75) is 32.1 Å². The average Bonchev–Trinajstić information content (AvgIpc) is 2.71. The monoisotopic (exact) mass is 257 g/mol. The molecule has 0 saturated carbocycles. The molecule has 0 aliphatic carbocycles. The first-order valence-electron chi connectivity index (χ1n) is 5.66. The van der Waals surface area contributed by atoms with Gasteiger partial charge in [0.25, 0.3) is 0 Å². The number of halogens is 3. The molecule has 0 aliphatic heterocycles. The Morgan fingerprint density at radius 1 is 1.39 bits per heavy atom. The summed E-state index contributed by atoms with van der Waals surface area (Å²) in [7, 11) is 0. The number of fused-ring (bicyclic) bond motifs is 1. The van der Waals surface area contributed by atoms with Gasteiger partial charge in [0.15, 0.2) is 0 Å². The molecule has 2 aromatic rings. The van der Waals surface area contributed by atoms with Gasteiger partial charge in [0.1, 0.15) is 0 Å². The zero-order valence-electron chi connectivity index (χ0n) is 9.88. The Kier molecular flexibility index (Phi) is 3.56. The third-order valence-electron chi connectivity index (χ3n) is 2.68. The lowest BCUT2D eigenvalue weighted by Gasteiger charge is -2.15. The van der Waals surface area contributed by atoms with E-state index >= 15 is 0 Å². The van der Waals surface area contributed by atoms with Gasteiger partial charge < -0.3 is 10.3 Å². The molecule has 18 heavy (non-hydrogen) atoms. The minimum Gasteiger partial charge on any atom is -0.345 e. The van der Waals surface area contributed by atoms with Gasteiger partial charge in [-0.15, -0.1) is 0 Å². The molecular weight excluding hydrogens is 243 g/mol. The van der Waals surface area contributed by atoms with Gasteiger partial charge in [0.05, 0.1) is 23.8 Å². The van der Waals surface area contributed by atoms with Crippen molar-refractivity contribution in [1.82, 2.24) is 15.3 Å². The summed E-state index contributed by atoms with van der Waals surface area (Å²) in [5.41, 5.74) is 2.67. The van der Waals surface area contributed by atoms with Gasteiger partial charge >= 0.3 is 6.18 Å². The highest BCUT2D eigenvalue weighted by Gasteiger charge is 2.29. The van der Waals surface area contributed by atoms with Crippen LogP contribution in [0.4, 0.5) is 13.2 Å². The van der Waals surface area contributed by atoms with Crippen LogP contribution >= 0.6 is 0 Å². The molecule has 0 bridgehead atoms. The largest absolute Gasteiger partial charge is 0.390 e. The van der Waals surface area contributed by atoms with Crippen molar-refractivity contribution in [3.63, 3.8) is 0 Å². The van der Waals surface area contributed by atoms with E-state index in [9.17, 15) is 13.2 Å². The maximum Gasteiger partial charge on any atom is 0.390 e. The summed E-state index contributed by atoms with van der Waals surface area (Å²) in [5.74, 6) is 0. The molecule has 0 unspecified atom stereocenters. The summed E-state index contributed by atoms with van der Waals surface area (Å²) in [6.45, 7) is 1.94. The summed E-state index contributed by atoms with van der Waals surface area (Å²) in [6.07, 6.45) is -3.35. The number of H-pyrrole nitrogens is 1. The first-order chi connectivity index (χ1) is 8.44. The lowest BCUT2D eigenvalue weighted by atomic mass is 10.1. The van der Waals surface area contributed by atoms with E-state index in [0.29, 0.717) is 6.54 Å². The van der Waals surface area contributed by atoms with Crippen molar-refractivity contribution in [3.05, 3.63) is 30.1 Å². The molecule has 2 N–H and O–H groups in total. The Labute approximate surface area is 102 Å². The number of nitrogens with one attached hydrogen (secondary N) is 2. The van der Waals surface area contributed by atoms with Gasteiger partial charge in [0, 0.05) is 12.6 Å². The highest BCUT2D eigenvalue weighted by atomic mass is 19.4. The molecule has 1 atom stereocenters. The Morgan fingerprint density at radius 2 is 2.17 bits per heavy atom. The Balaban J connectivity index is 1.93. The number of aromatic nitrogens is 2. The predicted octanol–water partition coefficient (Wildman–Crippen LogP) is 2.99. The maximum atomic E-state index is 12.1.